The third kappa shape index (κ3) is 6.64. The maximum atomic E-state index is 13.9. The topological polar surface area (TPSA) is 83.4 Å². The van der Waals surface area contributed by atoms with E-state index in [4.69, 9.17) is 32.7 Å². The lowest BCUT2D eigenvalue weighted by Gasteiger charge is -2.37. The molecule has 6 nitrogen and oxygen atoms in total. The van der Waals surface area contributed by atoms with Crippen molar-refractivity contribution in [2.75, 3.05) is 20.8 Å². The monoisotopic (exact) mass is 593 g/mol. The fourth-order valence-corrected chi connectivity index (χ4v) is 6.26. The van der Waals surface area contributed by atoms with Crippen LogP contribution < -0.4 is 20.1 Å². The van der Waals surface area contributed by atoms with Gasteiger partial charge in [-0.15, -0.1) is 0 Å². The summed E-state index contributed by atoms with van der Waals surface area (Å²) in [7, 11) is 3.20. The Morgan fingerprint density at radius 2 is 1.71 bits per heavy atom. The fraction of sp³-hybridized carbons (Fsp3) is 0.394. The van der Waals surface area contributed by atoms with Crippen LogP contribution in [0.1, 0.15) is 49.8 Å². The molecule has 4 atom stereocenters. The van der Waals surface area contributed by atoms with Gasteiger partial charge in [0.05, 0.1) is 26.3 Å². The third-order valence-corrected chi connectivity index (χ3v) is 8.22. The quantitative estimate of drug-likeness (QED) is 0.289. The largest absolute Gasteiger partial charge is 0.493 e. The second kappa shape index (κ2) is 12.7. The van der Waals surface area contributed by atoms with Crippen molar-refractivity contribution in [2.24, 2.45) is 5.41 Å². The first kappa shape index (κ1) is 30.7. The van der Waals surface area contributed by atoms with Crippen LogP contribution in [0.2, 0.25) is 10.0 Å². The van der Waals surface area contributed by atoms with Gasteiger partial charge in [-0.25, -0.2) is 0 Å². The first-order valence-corrected chi connectivity index (χ1v) is 14.5. The Morgan fingerprint density at radius 1 is 1.00 bits per heavy atom. The molecule has 1 saturated heterocycles. The lowest BCUT2D eigenvalue weighted by molar-refractivity contribution is -0.123. The number of carbonyl (C=O) groups is 1. The van der Waals surface area contributed by atoms with Crippen LogP contribution in [0, 0.1) is 16.7 Å². The van der Waals surface area contributed by atoms with Crippen LogP contribution in [0.5, 0.6) is 11.5 Å². The maximum Gasteiger partial charge on any atom is 0.237 e. The number of carbonyl (C=O) groups excluding carboxylic acids is 1. The number of amides is 1. The summed E-state index contributed by atoms with van der Waals surface area (Å²) in [6.07, 6.45) is 1.28. The van der Waals surface area contributed by atoms with E-state index in [0.29, 0.717) is 40.9 Å². The van der Waals surface area contributed by atoms with Crippen molar-refractivity contribution < 1.29 is 14.3 Å². The van der Waals surface area contributed by atoms with Gasteiger partial charge in [0.1, 0.15) is 5.41 Å². The molecule has 0 saturated carbocycles. The molecule has 1 amide bonds. The second-order valence-corrected chi connectivity index (χ2v) is 12.6. The zero-order chi connectivity index (χ0) is 29.8. The molecule has 3 aromatic rings. The number of nitrogens with zero attached hydrogens (tertiary/aromatic N) is 1. The van der Waals surface area contributed by atoms with E-state index in [-0.39, 0.29) is 17.4 Å². The van der Waals surface area contributed by atoms with Crippen molar-refractivity contribution in [2.45, 2.75) is 57.0 Å². The minimum atomic E-state index is -1.05. The van der Waals surface area contributed by atoms with E-state index < -0.39 is 17.4 Å². The molecule has 2 N–H and O–H groups in total. The molecule has 41 heavy (non-hydrogen) atoms. The van der Waals surface area contributed by atoms with E-state index in [2.05, 4.69) is 37.5 Å². The Hall–Kier alpha value is -3.24. The Morgan fingerprint density at radius 3 is 2.32 bits per heavy atom. The van der Waals surface area contributed by atoms with Gasteiger partial charge >= 0.3 is 0 Å². The molecule has 8 heteroatoms. The van der Waals surface area contributed by atoms with Crippen LogP contribution in [0.4, 0.5) is 0 Å². The third-order valence-electron chi connectivity index (χ3n) is 7.73. The van der Waals surface area contributed by atoms with E-state index >= 15 is 0 Å². The standard InChI is InChI=1S/C33H37Cl2N3O3/c1-32(2,3)19-28-33(20-36,23-10-12-24(34)13-11-23)29(22-7-6-8-25(35)18-22)30(38-28)31(39)37-16-15-21-9-14-26(40-4)27(17-21)41-5/h6-14,17-18,28-30,38H,15-16,19H2,1-5H3,(H,37,39)/t28?,29-,30+,33-/m0/s1. The Labute approximate surface area is 253 Å². The number of rotatable bonds is 9. The molecule has 1 fully saturated rings. The van der Waals surface area contributed by atoms with Crippen molar-refractivity contribution in [3.63, 3.8) is 0 Å². The van der Waals surface area contributed by atoms with E-state index in [1.165, 1.54) is 0 Å². The van der Waals surface area contributed by atoms with Gasteiger partial charge in [0.2, 0.25) is 5.91 Å². The summed E-state index contributed by atoms with van der Waals surface area (Å²) in [4.78, 5) is 13.9. The average Bonchev–Trinajstić information content (AvgIpc) is 3.26. The summed E-state index contributed by atoms with van der Waals surface area (Å²) in [6, 6.07) is 22.3. The smallest absolute Gasteiger partial charge is 0.237 e. The first-order valence-electron chi connectivity index (χ1n) is 13.7. The summed E-state index contributed by atoms with van der Waals surface area (Å²) >= 11 is 12.7. The average molecular weight is 595 g/mol. The molecule has 4 rings (SSSR count). The van der Waals surface area contributed by atoms with Gasteiger partial charge in [0, 0.05) is 28.5 Å². The molecular weight excluding hydrogens is 557 g/mol. The van der Waals surface area contributed by atoms with E-state index in [9.17, 15) is 10.1 Å². The minimum Gasteiger partial charge on any atom is -0.493 e. The molecule has 0 aliphatic carbocycles. The fourth-order valence-electron chi connectivity index (χ4n) is 5.93. The van der Waals surface area contributed by atoms with Crippen LogP contribution in [0.25, 0.3) is 0 Å². The minimum absolute atomic E-state index is 0.107. The highest BCUT2D eigenvalue weighted by Crippen LogP contribution is 2.51. The van der Waals surface area contributed by atoms with Crippen LogP contribution in [0.15, 0.2) is 66.7 Å². The van der Waals surface area contributed by atoms with Gasteiger partial charge in [-0.1, -0.05) is 74.3 Å². The number of ether oxygens (including phenoxy) is 2. The number of benzene rings is 3. The number of halogens is 2. The first-order chi connectivity index (χ1) is 19.5. The highest BCUT2D eigenvalue weighted by atomic mass is 35.5. The molecule has 0 aromatic heterocycles. The molecule has 0 bridgehead atoms. The van der Waals surface area contributed by atoms with Crippen LogP contribution in [-0.4, -0.2) is 38.8 Å². The van der Waals surface area contributed by atoms with Crippen LogP contribution >= 0.6 is 23.2 Å². The molecule has 1 aliphatic heterocycles. The highest BCUT2D eigenvalue weighted by Gasteiger charge is 2.59. The SMILES string of the molecule is COc1ccc(CCNC(=O)[C@@H]2NC(CC(C)(C)C)[C@](C#N)(c3ccc(Cl)cc3)[C@H]2c2cccc(Cl)c2)cc1OC. The van der Waals surface area contributed by atoms with Gasteiger partial charge in [0.15, 0.2) is 11.5 Å². The predicted octanol–water partition coefficient (Wildman–Crippen LogP) is 6.69. The Balaban J connectivity index is 1.71. The van der Waals surface area contributed by atoms with Crippen molar-refractivity contribution in [3.05, 3.63) is 93.5 Å². The lowest BCUT2D eigenvalue weighted by Crippen LogP contribution is -2.46. The Bertz CT molecular complexity index is 1410. The molecular formula is C33H37Cl2N3O3. The summed E-state index contributed by atoms with van der Waals surface area (Å²) in [5.41, 5.74) is 1.50. The van der Waals surface area contributed by atoms with Crippen LogP contribution in [-0.2, 0) is 16.6 Å². The van der Waals surface area contributed by atoms with Crippen molar-refractivity contribution in [1.29, 1.82) is 5.26 Å². The van der Waals surface area contributed by atoms with Gasteiger partial charge in [-0.3, -0.25) is 4.79 Å². The molecule has 1 aliphatic rings. The number of nitriles is 1. The van der Waals surface area contributed by atoms with Gasteiger partial charge < -0.3 is 20.1 Å². The molecule has 1 unspecified atom stereocenters. The van der Waals surface area contributed by atoms with Crippen molar-refractivity contribution in [3.8, 4) is 17.6 Å². The molecule has 0 spiro atoms. The lowest BCUT2D eigenvalue weighted by atomic mass is 9.63. The van der Waals surface area contributed by atoms with Crippen LogP contribution in [0.3, 0.4) is 0 Å². The number of hydrogen-bond acceptors (Lipinski definition) is 5. The normalized spacial score (nSPS) is 22.1. The van der Waals surface area contributed by atoms with E-state index in [1.54, 1.807) is 32.4 Å². The predicted molar refractivity (Wildman–Crippen MR) is 164 cm³/mol. The molecule has 3 aromatic carbocycles. The van der Waals surface area contributed by atoms with Crippen molar-refractivity contribution >= 4 is 29.1 Å². The van der Waals surface area contributed by atoms with E-state index in [0.717, 1.165) is 16.7 Å². The summed E-state index contributed by atoms with van der Waals surface area (Å²) in [6.45, 7) is 6.84. The Kier molecular flexibility index (Phi) is 9.54. The molecule has 0 radical (unpaired) electrons. The van der Waals surface area contributed by atoms with Gasteiger partial charge in [-0.2, -0.15) is 5.26 Å². The van der Waals surface area contributed by atoms with E-state index in [1.807, 2.05) is 48.5 Å². The highest BCUT2D eigenvalue weighted by molar-refractivity contribution is 6.30. The van der Waals surface area contributed by atoms with Gasteiger partial charge in [-0.05, 0) is 71.3 Å². The summed E-state index contributed by atoms with van der Waals surface area (Å²) in [5, 5.41) is 18.9. The zero-order valence-corrected chi connectivity index (χ0v) is 25.6. The number of hydrogen-bond donors (Lipinski definition) is 2. The second-order valence-electron chi connectivity index (χ2n) is 11.7. The van der Waals surface area contributed by atoms with Crippen molar-refractivity contribution in [1.82, 2.24) is 10.6 Å². The summed E-state index contributed by atoms with van der Waals surface area (Å²) in [5.74, 6) is 0.627. The molecule has 216 valence electrons. The van der Waals surface area contributed by atoms with Gasteiger partial charge in [0.25, 0.3) is 0 Å². The number of methoxy groups -OCH3 is 2. The zero-order valence-electron chi connectivity index (χ0n) is 24.1. The number of nitrogens with one attached hydrogen (secondary N) is 2. The summed E-state index contributed by atoms with van der Waals surface area (Å²) < 4.78 is 10.8. The maximum absolute atomic E-state index is 13.9. The molecule has 1 heterocycles.